The number of carbonyl (C=O) groups is 3. The van der Waals surface area contributed by atoms with Gasteiger partial charge in [0, 0.05) is 18.0 Å². The number of Topliss-reactive ketones (excluding diaryl/α,β-unsaturated/α-hetero) is 1. The number of anilines is 1. The minimum absolute atomic E-state index is 0.0550. The standard InChI is InChI=1S/C40H56N2O7Si2/c1-38(2,3)42(37(45)46)33-25-35(49-51(40(7,8)9,30-19-15-13-16-20-30)31-21-17-14-18-22-31)34(47-10)24-32(33)36(44)41-26-29(43)23-28(41)27-48-50(11,12)39(4,5)6/h13-22,24-25,28H,23,26-27H2,1-12H3,(H,45,46)/t28-/m0/s1. The van der Waals surface area contributed by atoms with E-state index < -0.39 is 45.3 Å². The van der Waals surface area contributed by atoms with Gasteiger partial charge in [-0.1, -0.05) is 102 Å². The van der Waals surface area contributed by atoms with Crippen LogP contribution < -0.4 is 24.4 Å². The molecule has 1 aliphatic rings. The van der Waals surface area contributed by atoms with Crippen molar-refractivity contribution in [1.82, 2.24) is 4.90 Å². The van der Waals surface area contributed by atoms with Crippen LogP contribution in [0.1, 0.15) is 79.1 Å². The van der Waals surface area contributed by atoms with E-state index >= 15 is 0 Å². The number of carbonyl (C=O) groups excluding carboxylic acids is 2. The molecular weight excluding hydrogens is 677 g/mol. The molecule has 0 radical (unpaired) electrons. The number of nitrogens with zero attached hydrogens (tertiary/aromatic N) is 2. The molecule has 0 aromatic heterocycles. The zero-order valence-corrected chi connectivity index (χ0v) is 34.4. The third-order valence-corrected chi connectivity index (χ3v) is 19.7. The number of likely N-dealkylation sites (tertiary alicyclic amines) is 1. The van der Waals surface area contributed by atoms with Gasteiger partial charge in [-0.25, -0.2) is 4.79 Å². The molecule has 51 heavy (non-hydrogen) atoms. The lowest BCUT2D eigenvalue weighted by Gasteiger charge is -2.43. The fourth-order valence-electron chi connectivity index (χ4n) is 6.53. The Bertz CT molecular complexity index is 1690. The first-order chi connectivity index (χ1) is 23.5. The number of ketones is 1. The highest BCUT2D eigenvalue weighted by atomic mass is 28.4. The molecule has 0 saturated carbocycles. The summed E-state index contributed by atoms with van der Waals surface area (Å²) < 4.78 is 19.8. The van der Waals surface area contributed by atoms with Crippen molar-refractivity contribution in [3.63, 3.8) is 0 Å². The van der Waals surface area contributed by atoms with E-state index in [0.29, 0.717) is 5.75 Å². The molecule has 0 aliphatic carbocycles. The molecule has 1 fully saturated rings. The second-order valence-electron chi connectivity index (χ2n) is 17.0. The number of ether oxygens (including phenoxy) is 1. The molecule has 1 N–H and O–H groups in total. The fourth-order valence-corrected chi connectivity index (χ4v) is 12.0. The van der Waals surface area contributed by atoms with Gasteiger partial charge >= 0.3 is 14.4 Å². The van der Waals surface area contributed by atoms with Crippen molar-refractivity contribution in [2.75, 3.05) is 25.2 Å². The van der Waals surface area contributed by atoms with E-state index in [9.17, 15) is 19.5 Å². The van der Waals surface area contributed by atoms with Crippen LogP contribution in [0.5, 0.6) is 11.5 Å². The van der Waals surface area contributed by atoms with Gasteiger partial charge in [-0.05, 0) is 60.4 Å². The van der Waals surface area contributed by atoms with Crippen LogP contribution >= 0.6 is 0 Å². The lowest BCUT2D eigenvalue weighted by Crippen LogP contribution is -2.68. The van der Waals surface area contributed by atoms with Crippen molar-refractivity contribution in [2.45, 2.75) is 103 Å². The van der Waals surface area contributed by atoms with Crippen molar-refractivity contribution in [3.05, 3.63) is 78.4 Å². The molecule has 0 bridgehead atoms. The van der Waals surface area contributed by atoms with E-state index in [1.54, 1.807) is 32.9 Å². The molecule has 3 aromatic carbocycles. The summed E-state index contributed by atoms with van der Waals surface area (Å²) in [5.74, 6) is 0.0711. The first-order valence-electron chi connectivity index (χ1n) is 17.6. The third kappa shape index (κ3) is 8.10. The van der Waals surface area contributed by atoms with Gasteiger partial charge in [0.15, 0.2) is 19.9 Å². The maximum absolute atomic E-state index is 14.7. The summed E-state index contributed by atoms with van der Waals surface area (Å²) in [6.45, 7) is 22.6. The molecule has 1 aliphatic heterocycles. The normalized spacial score (nSPS) is 15.9. The van der Waals surface area contributed by atoms with E-state index in [1.807, 2.05) is 36.4 Å². The molecule has 1 heterocycles. The Morgan fingerprint density at radius 2 is 1.37 bits per heavy atom. The van der Waals surface area contributed by atoms with Crippen LogP contribution in [-0.4, -0.2) is 76.3 Å². The van der Waals surface area contributed by atoms with Crippen molar-refractivity contribution in [1.29, 1.82) is 0 Å². The van der Waals surface area contributed by atoms with Crippen LogP contribution in [0.15, 0.2) is 72.8 Å². The highest BCUT2D eigenvalue weighted by molar-refractivity contribution is 7.00. The molecule has 276 valence electrons. The number of carboxylic acid groups (broad SMARTS) is 1. The highest BCUT2D eigenvalue weighted by Crippen LogP contribution is 2.44. The van der Waals surface area contributed by atoms with E-state index in [1.165, 1.54) is 16.9 Å². The molecule has 9 nitrogen and oxygen atoms in total. The zero-order valence-electron chi connectivity index (χ0n) is 32.4. The molecule has 11 heteroatoms. The van der Waals surface area contributed by atoms with Crippen molar-refractivity contribution in [3.8, 4) is 11.5 Å². The van der Waals surface area contributed by atoms with Crippen LogP contribution in [0.4, 0.5) is 10.5 Å². The summed E-state index contributed by atoms with van der Waals surface area (Å²) in [4.78, 5) is 43.4. The number of amides is 2. The van der Waals surface area contributed by atoms with E-state index in [2.05, 4.69) is 78.9 Å². The Hall–Kier alpha value is -3.94. The number of rotatable bonds is 10. The number of hydrogen-bond acceptors (Lipinski definition) is 6. The topological polar surface area (TPSA) is 106 Å². The molecule has 1 atom stereocenters. The van der Waals surface area contributed by atoms with Crippen LogP contribution in [0, 0.1) is 0 Å². The molecule has 0 spiro atoms. The minimum atomic E-state index is -3.20. The maximum atomic E-state index is 14.7. The minimum Gasteiger partial charge on any atom is -0.531 e. The molecule has 2 amide bonds. The smallest absolute Gasteiger partial charge is 0.412 e. The second-order valence-corrected chi connectivity index (χ2v) is 26.0. The van der Waals surface area contributed by atoms with Gasteiger partial charge in [0.25, 0.3) is 5.91 Å². The monoisotopic (exact) mass is 732 g/mol. The van der Waals surface area contributed by atoms with Gasteiger partial charge in [0.2, 0.25) is 0 Å². The summed E-state index contributed by atoms with van der Waals surface area (Å²) in [5, 5.41) is 12.3. The van der Waals surface area contributed by atoms with E-state index in [4.69, 9.17) is 13.6 Å². The Kier molecular flexibility index (Phi) is 11.4. The molecule has 3 aromatic rings. The summed E-state index contributed by atoms with van der Waals surface area (Å²) >= 11 is 0. The summed E-state index contributed by atoms with van der Waals surface area (Å²) in [5.41, 5.74) is -0.696. The van der Waals surface area contributed by atoms with E-state index in [0.717, 1.165) is 10.4 Å². The lowest BCUT2D eigenvalue weighted by atomic mass is 10.0. The Morgan fingerprint density at radius 1 is 0.843 bits per heavy atom. The zero-order chi connectivity index (χ0) is 38.2. The molecule has 1 saturated heterocycles. The van der Waals surface area contributed by atoms with Gasteiger partial charge in [-0.2, -0.15) is 0 Å². The SMILES string of the molecule is COc1cc(C(=O)N2CC(=O)C[C@H]2CO[Si](C)(C)C(C)(C)C)c(N(C(=O)O)C(C)(C)C)cc1O[Si](c1ccccc1)(c1ccccc1)C(C)(C)C. The van der Waals surface area contributed by atoms with Crippen LogP contribution in [0.25, 0.3) is 0 Å². The lowest BCUT2D eigenvalue weighted by molar-refractivity contribution is -0.116. The average Bonchev–Trinajstić information content (AvgIpc) is 3.41. The molecule has 0 unspecified atom stereocenters. The van der Waals surface area contributed by atoms with Crippen LogP contribution in [0.3, 0.4) is 0 Å². The number of methoxy groups -OCH3 is 1. The Morgan fingerprint density at radius 3 is 1.80 bits per heavy atom. The largest absolute Gasteiger partial charge is 0.531 e. The van der Waals surface area contributed by atoms with Gasteiger partial charge in [0.1, 0.15) is 5.75 Å². The Labute approximate surface area is 306 Å². The molecule has 4 rings (SSSR count). The fraction of sp³-hybridized carbons (Fsp3) is 0.475. The predicted octanol–water partition coefficient (Wildman–Crippen LogP) is 7.72. The average molecular weight is 733 g/mol. The van der Waals surface area contributed by atoms with Gasteiger partial charge < -0.3 is 23.6 Å². The summed E-state index contributed by atoms with van der Waals surface area (Å²) in [7, 11) is -3.88. The summed E-state index contributed by atoms with van der Waals surface area (Å²) in [6.07, 6.45) is -1.06. The van der Waals surface area contributed by atoms with Gasteiger partial charge in [-0.3, -0.25) is 14.5 Å². The predicted molar refractivity (Wildman–Crippen MR) is 209 cm³/mol. The number of hydrogen-bond donors (Lipinski definition) is 1. The van der Waals surface area contributed by atoms with Crippen molar-refractivity contribution in [2.24, 2.45) is 0 Å². The van der Waals surface area contributed by atoms with Crippen LogP contribution in [0.2, 0.25) is 23.2 Å². The van der Waals surface area contributed by atoms with Gasteiger partial charge in [-0.15, -0.1) is 0 Å². The summed E-state index contributed by atoms with van der Waals surface area (Å²) in [6, 6.07) is 22.9. The number of benzene rings is 3. The third-order valence-electron chi connectivity index (χ3n) is 10.2. The maximum Gasteiger partial charge on any atom is 0.412 e. The van der Waals surface area contributed by atoms with Gasteiger partial charge in [0.05, 0.1) is 37.6 Å². The van der Waals surface area contributed by atoms with Crippen molar-refractivity contribution >= 4 is 50.5 Å². The molecular formula is C40H56N2O7Si2. The quantitative estimate of drug-likeness (QED) is 0.213. The Balaban J connectivity index is 1.95. The van der Waals surface area contributed by atoms with Crippen LogP contribution in [-0.2, 0) is 9.22 Å². The van der Waals surface area contributed by atoms with E-state index in [-0.39, 0.29) is 47.4 Å². The highest BCUT2D eigenvalue weighted by Gasteiger charge is 2.53. The van der Waals surface area contributed by atoms with Crippen molar-refractivity contribution < 1.29 is 33.1 Å². The first kappa shape index (κ1) is 39.8. The second kappa shape index (κ2) is 14.6. The first-order valence-corrected chi connectivity index (χ1v) is 22.4.